The molecule has 0 aliphatic heterocycles. The van der Waals surface area contributed by atoms with Crippen LogP contribution >= 0.6 is 23.4 Å². The third-order valence-electron chi connectivity index (χ3n) is 3.10. The average molecular weight is 323 g/mol. The summed E-state index contributed by atoms with van der Waals surface area (Å²) in [5, 5.41) is 3.67. The molecule has 1 N–H and O–H groups in total. The van der Waals surface area contributed by atoms with Gasteiger partial charge < -0.3 is 5.32 Å². The summed E-state index contributed by atoms with van der Waals surface area (Å²) in [7, 11) is 0. The predicted molar refractivity (Wildman–Crippen MR) is 83.5 cm³/mol. The Morgan fingerprint density at radius 3 is 2.81 bits per heavy atom. The number of aromatic nitrogens is 2. The fraction of sp³-hybridized carbons (Fsp3) is 0.214. The first-order valence-corrected chi connectivity index (χ1v) is 7.20. The van der Waals surface area contributed by atoms with Gasteiger partial charge in [-0.05, 0) is 25.0 Å². The van der Waals surface area contributed by atoms with Crippen LogP contribution < -0.4 is 9.74 Å². The molecule has 0 amide bonds. The van der Waals surface area contributed by atoms with Crippen LogP contribution in [0.2, 0.25) is 5.02 Å². The Labute approximate surface area is 132 Å². The van der Waals surface area contributed by atoms with Crippen molar-refractivity contribution < 1.29 is 4.79 Å². The van der Waals surface area contributed by atoms with E-state index in [-0.39, 0.29) is 5.95 Å². The van der Waals surface area contributed by atoms with Gasteiger partial charge in [-0.1, -0.05) is 23.7 Å². The maximum atomic E-state index is 11.1. The normalized spacial score (nSPS) is 13.8. The van der Waals surface area contributed by atoms with E-state index in [0.29, 0.717) is 28.1 Å². The van der Waals surface area contributed by atoms with Gasteiger partial charge in [0.05, 0.1) is 11.9 Å². The van der Waals surface area contributed by atoms with Gasteiger partial charge in [0.25, 0.3) is 0 Å². The van der Waals surface area contributed by atoms with Gasteiger partial charge in [0.1, 0.15) is 5.02 Å². The largest absolute Gasteiger partial charge is 0.366 e. The lowest BCUT2D eigenvalue weighted by Gasteiger charge is -2.16. The molecule has 21 heavy (non-hydrogen) atoms. The lowest BCUT2D eigenvalue weighted by Crippen LogP contribution is -2.11. The molecule has 0 bridgehead atoms. The Hall–Kier alpha value is -1.85. The molecule has 0 saturated heterocycles. The number of benzene rings is 1. The average Bonchev–Trinajstić information content (AvgIpc) is 3.33. The molecule has 1 fully saturated rings. The number of aldehydes is 1. The summed E-state index contributed by atoms with van der Waals surface area (Å²) in [6.45, 7) is 0. The van der Waals surface area contributed by atoms with Crippen LogP contribution in [-0.2, 0) is 0 Å². The number of para-hydroxylation sites is 1. The molecule has 3 rings (SSSR count). The minimum atomic E-state index is 0.263. The summed E-state index contributed by atoms with van der Waals surface area (Å²) in [5.41, 5.74) is 0.983. The van der Waals surface area contributed by atoms with Gasteiger partial charge >= 0.3 is 0 Å². The zero-order valence-corrected chi connectivity index (χ0v) is 12.5. The number of halogens is 2. The van der Waals surface area contributed by atoms with Gasteiger partial charge in [0.15, 0.2) is 12.1 Å². The van der Waals surface area contributed by atoms with Gasteiger partial charge in [-0.3, -0.25) is 4.79 Å². The molecule has 108 valence electrons. The summed E-state index contributed by atoms with van der Waals surface area (Å²) in [6.07, 6.45) is 4.44. The van der Waals surface area contributed by atoms with Crippen LogP contribution in [0.15, 0.2) is 30.5 Å². The highest BCUT2D eigenvalue weighted by Crippen LogP contribution is 2.32. The van der Waals surface area contributed by atoms with Crippen LogP contribution in [0, 0.1) is 0 Å². The van der Waals surface area contributed by atoms with Crippen molar-refractivity contribution in [3.05, 3.63) is 41.0 Å². The molecule has 1 heterocycles. The van der Waals surface area contributed by atoms with E-state index in [4.69, 9.17) is 23.4 Å². The van der Waals surface area contributed by atoms with Gasteiger partial charge in [-0.25, -0.2) is 9.40 Å². The Morgan fingerprint density at radius 1 is 1.33 bits per heavy atom. The zero-order valence-electron chi connectivity index (χ0n) is 11.0. The number of rotatable bonds is 5. The van der Waals surface area contributed by atoms with Crippen molar-refractivity contribution in [1.29, 1.82) is 0 Å². The van der Waals surface area contributed by atoms with Crippen molar-refractivity contribution in [3.8, 4) is 0 Å². The smallest absolute Gasteiger partial charge is 0.247 e. The lowest BCUT2D eigenvalue weighted by molar-refractivity contribution is 0.112. The van der Waals surface area contributed by atoms with E-state index in [9.17, 15) is 4.79 Å². The second-order valence-corrected chi connectivity index (χ2v) is 5.49. The highest BCUT2D eigenvalue weighted by atomic mass is 35.5. The molecule has 2 aromatic rings. The van der Waals surface area contributed by atoms with Crippen molar-refractivity contribution in [2.24, 2.45) is 0 Å². The second-order valence-electron chi connectivity index (χ2n) is 4.74. The van der Waals surface area contributed by atoms with Crippen molar-refractivity contribution in [2.75, 3.05) is 9.74 Å². The molecule has 1 saturated carbocycles. The molecule has 0 spiro atoms. The second kappa shape index (κ2) is 5.87. The van der Waals surface area contributed by atoms with Crippen LogP contribution in [-0.4, -0.2) is 22.3 Å². The monoisotopic (exact) mass is 322 g/mol. The predicted octanol–water partition coefficient (Wildman–Crippen LogP) is 3.81. The highest BCUT2D eigenvalue weighted by Gasteiger charge is 2.23. The van der Waals surface area contributed by atoms with Crippen LogP contribution in [0.4, 0.5) is 17.5 Å². The van der Waals surface area contributed by atoms with E-state index < -0.39 is 0 Å². The standard InChI is InChI=1S/C14H12Cl2N4O/c15-11-7-17-14(19-13(11)18-10-5-6-10)20(16)12-4-2-1-3-9(12)8-21/h1-4,7-8,10H,5-6H2,(H,17,18,19). The van der Waals surface area contributed by atoms with Crippen molar-refractivity contribution in [2.45, 2.75) is 18.9 Å². The SMILES string of the molecule is O=Cc1ccccc1N(Cl)c1ncc(Cl)c(NC2CC2)n1. The van der Waals surface area contributed by atoms with E-state index >= 15 is 0 Å². The van der Waals surface area contributed by atoms with Crippen molar-refractivity contribution in [1.82, 2.24) is 9.97 Å². The van der Waals surface area contributed by atoms with Crippen molar-refractivity contribution >= 4 is 47.1 Å². The molecule has 1 aliphatic carbocycles. The van der Waals surface area contributed by atoms with E-state index in [1.165, 1.54) is 10.6 Å². The first-order valence-electron chi connectivity index (χ1n) is 6.48. The van der Waals surface area contributed by atoms with E-state index in [0.717, 1.165) is 19.1 Å². The molecule has 5 nitrogen and oxygen atoms in total. The Bertz CT molecular complexity index is 676. The molecule has 0 radical (unpaired) electrons. The summed E-state index contributed by atoms with van der Waals surface area (Å²) < 4.78 is 1.25. The van der Waals surface area contributed by atoms with Crippen LogP contribution in [0.1, 0.15) is 23.2 Å². The summed E-state index contributed by atoms with van der Waals surface area (Å²) >= 11 is 12.3. The molecular weight excluding hydrogens is 311 g/mol. The minimum absolute atomic E-state index is 0.263. The number of carbonyl (C=O) groups is 1. The lowest BCUT2D eigenvalue weighted by atomic mass is 10.2. The quantitative estimate of drug-likeness (QED) is 0.670. The van der Waals surface area contributed by atoms with Gasteiger partial charge in [0.2, 0.25) is 5.95 Å². The van der Waals surface area contributed by atoms with Gasteiger partial charge in [-0.15, -0.1) is 0 Å². The molecule has 1 aliphatic rings. The number of hydrogen-bond donors (Lipinski definition) is 1. The Morgan fingerprint density at radius 2 is 2.10 bits per heavy atom. The molecule has 7 heteroatoms. The molecule has 1 aromatic carbocycles. The molecule has 0 atom stereocenters. The number of hydrogen-bond acceptors (Lipinski definition) is 5. The Kier molecular flexibility index (Phi) is 3.94. The topological polar surface area (TPSA) is 58.1 Å². The fourth-order valence-corrected chi connectivity index (χ4v) is 2.23. The number of nitrogens with zero attached hydrogens (tertiary/aromatic N) is 3. The molecule has 0 unspecified atom stereocenters. The van der Waals surface area contributed by atoms with Gasteiger partial charge in [-0.2, -0.15) is 4.98 Å². The molecular formula is C14H12Cl2N4O. The van der Waals surface area contributed by atoms with Crippen molar-refractivity contribution in [3.63, 3.8) is 0 Å². The first-order chi connectivity index (χ1) is 10.2. The summed E-state index contributed by atoms with van der Waals surface area (Å²) in [4.78, 5) is 19.5. The minimum Gasteiger partial charge on any atom is -0.366 e. The Balaban J connectivity index is 1.93. The number of nitrogens with one attached hydrogen (secondary N) is 1. The summed E-state index contributed by atoms with van der Waals surface area (Å²) in [5.74, 6) is 0.817. The van der Waals surface area contributed by atoms with E-state index in [1.54, 1.807) is 24.3 Å². The first kappa shape index (κ1) is 14.1. The van der Waals surface area contributed by atoms with Gasteiger partial charge in [0, 0.05) is 23.4 Å². The fourth-order valence-electron chi connectivity index (χ4n) is 1.85. The number of carbonyl (C=O) groups excluding carboxylic acids is 1. The van der Waals surface area contributed by atoms with Crippen LogP contribution in [0.25, 0.3) is 0 Å². The third kappa shape index (κ3) is 3.09. The summed E-state index contributed by atoms with van der Waals surface area (Å²) in [6, 6.07) is 7.37. The maximum Gasteiger partial charge on any atom is 0.247 e. The maximum absolute atomic E-state index is 11.1. The van der Waals surface area contributed by atoms with E-state index in [1.807, 2.05) is 0 Å². The number of anilines is 3. The zero-order chi connectivity index (χ0) is 14.8. The van der Waals surface area contributed by atoms with Crippen LogP contribution in [0.5, 0.6) is 0 Å². The third-order valence-corrected chi connectivity index (χ3v) is 3.71. The van der Waals surface area contributed by atoms with E-state index in [2.05, 4.69) is 15.3 Å². The highest BCUT2D eigenvalue weighted by molar-refractivity contribution is 6.33. The molecule has 1 aromatic heterocycles. The van der Waals surface area contributed by atoms with Crippen LogP contribution in [0.3, 0.4) is 0 Å².